The molecule has 1 N–H and O–H groups in total. The smallest absolute Gasteiger partial charge is 0.234 e. The lowest BCUT2D eigenvalue weighted by molar-refractivity contribution is -0.123. The summed E-state index contributed by atoms with van der Waals surface area (Å²) in [4.78, 5) is 14.9. The van der Waals surface area contributed by atoms with Crippen LogP contribution in [-0.2, 0) is 17.8 Å². The Morgan fingerprint density at radius 3 is 2.50 bits per heavy atom. The molecule has 0 radical (unpaired) electrons. The van der Waals surface area contributed by atoms with Crippen LogP contribution in [-0.4, -0.2) is 38.1 Å². The van der Waals surface area contributed by atoms with Crippen molar-refractivity contribution in [3.05, 3.63) is 71.3 Å². The molecule has 156 valence electrons. The van der Waals surface area contributed by atoms with Crippen molar-refractivity contribution in [2.45, 2.75) is 25.9 Å². The fourth-order valence-electron chi connectivity index (χ4n) is 4.27. The molecule has 1 atom stereocenters. The largest absolute Gasteiger partial charge is 0.493 e. The molecule has 0 spiro atoms. The van der Waals surface area contributed by atoms with Gasteiger partial charge in [0.2, 0.25) is 5.91 Å². The van der Waals surface area contributed by atoms with Crippen molar-refractivity contribution in [2.75, 3.05) is 27.3 Å². The molecule has 5 nitrogen and oxygen atoms in total. The molecule has 0 unspecified atom stereocenters. The van der Waals surface area contributed by atoms with Gasteiger partial charge in [0.05, 0.1) is 26.8 Å². The van der Waals surface area contributed by atoms with Crippen molar-refractivity contribution in [3.63, 3.8) is 0 Å². The third-order valence-corrected chi connectivity index (χ3v) is 5.83. The number of carbonyl (C=O) groups is 1. The van der Waals surface area contributed by atoms with Gasteiger partial charge in [-0.05, 0) is 52.9 Å². The maximum Gasteiger partial charge on any atom is 0.234 e. The quantitative estimate of drug-likeness (QED) is 0.672. The second kappa shape index (κ2) is 8.76. The fraction of sp³-hybridized carbons (Fsp3) is 0.320. The van der Waals surface area contributed by atoms with Crippen molar-refractivity contribution >= 4 is 16.7 Å². The van der Waals surface area contributed by atoms with Crippen LogP contribution in [0.5, 0.6) is 11.5 Å². The van der Waals surface area contributed by atoms with Crippen LogP contribution in [0, 0.1) is 0 Å². The minimum Gasteiger partial charge on any atom is -0.493 e. The number of amides is 1. The van der Waals surface area contributed by atoms with Crippen LogP contribution in [0.2, 0.25) is 0 Å². The van der Waals surface area contributed by atoms with Gasteiger partial charge in [0.25, 0.3) is 0 Å². The molecule has 0 fully saturated rings. The molecule has 0 aromatic heterocycles. The Hall–Kier alpha value is -3.05. The summed E-state index contributed by atoms with van der Waals surface area (Å²) in [6.07, 6.45) is 0.891. The van der Waals surface area contributed by atoms with Gasteiger partial charge in [0.15, 0.2) is 11.5 Å². The summed E-state index contributed by atoms with van der Waals surface area (Å²) in [6, 6.07) is 18.5. The van der Waals surface area contributed by atoms with Gasteiger partial charge >= 0.3 is 0 Å². The Balaban J connectivity index is 1.42. The molecule has 4 rings (SSSR count). The molecule has 0 saturated carbocycles. The summed E-state index contributed by atoms with van der Waals surface area (Å²) in [5.74, 6) is 1.53. The monoisotopic (exact) mass is 404 g/mol. The zero-order valence-electron chi connectivity index (χ0n) is 17.8. The van der Waals surface area contributed by atoms with Crippen LogP contribution < -0.4 is 14.8 Å². The summed E-state index contributed by atoms with van der Waals surface area (Å²) < 4.78 is 10.8. The molecule has 3 aromatic carbocycles. The van der Waals surface area contributed by atoms with Gasteiger partial charge in [-0.15, -0.1) is 0 Å². The van der Waals surface area contributed by atoms with Gasteiger partial charge < -0.3 is 14.8 Å². The first kappa shape index (κ1) is 20.2. The standard InChI is InChI=1S/C25H28N2O3/c1-17(21-10-6-8-18-7-4-5-9-22(18)21)26-25(28)16-27-12-11-19-13-23(29-2)24(30-3)14-20(19)15-27/h4-10,13-14,17H,11-12,15-16H2,1-3H3,(H,26,28)/t17-/m1/s1. The predicted molar refractivity (Wildman–Crippen MR) is 119 cm³/mol. The summed E-state index contributed by atoms with van der Waals surface area (Å²) in [5, 5.41) is 5.54. The highest BCUT2D eigenvalue weighted by Gasteiger charge is 2.22. The van der Waals surface area contributed by atoms with E-state index < -0.39 is 0 Å². The van der Waals surface area contributed by atoms with Crippen LogP contribution in [0.15, 0.2) is 54.6 Å². The summed E-state index contributed by atoms with van der Waals surface area (Å²) >= 11 is 0. The van der Waals surface area contributed by atoms with Crippen molar-refractivity contribution < 1.29 is 14.3 Å². The highest BCUT2D eigenvalue weighted by Crippen LogP contribution is 2.33. The Morgan fingerprint density at radius 2 is 1.73 bits per heavy atom. The minimum absolute atomic E-state index is 0.0411. The van der Waals surface area contributed by atoms with E-state index in [9.17, 15) is 4.79 Å². The van der Waals surface area contributed by atoms with Crippen molar-refractivity contribution in [1.29, 1.82) is 0 Å². The Kier molecular flexibility index (Phi) is 5.91. The Labute approximate surface area is 177 Å². The molecule has 5 heteroatoms. The van der Waals surface area contributed by atoms with E-state index in [1.165, 1.54) is 21.9 Å². The van der Waals surface area contributed by atoms with Gasteiger partial charge in [-0.3, -0.25) is 9.69 Å². The number of ether oxygens (including phenoxy) is 2. The lowest BCUT2D eigenvalue weighted by atomic mass is 9.98. The van der Waals surface area contributed by atoms with Gasteiger partial charge in [-0.2, -0.15) is 0 Å². The first-order chi connectivity index (χ1) is 14.6. The van der Waals surface area contributed by atoms with Gasteiger partial charge in [0, 0.05) is 13.1 Å². The Morgan fingerprint density at radius 1 is 1.03 bits per heavy atom. The van der Waals surface area contributed by atoms with Crippen LogP contribution in [0.25, 0.3) is 10.8 Å². The zero-order valence-corrected chi connectivity index (χ0v) is 17.8. The van der Waals surface area contributed by atoms with E-state index >= 15 is 0 Å². The van der Waals surface area contributed by atoms with Gasteiger partial charge in [0.1, 0.15) is 0 Å². The first-order valence-corrected chi connectivity index (χ1v) is 10.3. The van der Waals surface area contributed by atoms with E-state index in [0.29, 0.717) is 6.54 Å². The summed E-state index contributed by atoms with van der Waals surface area (Å²) in [7, 11) is 3.30. The maximum absolute atomic E-state index is 12.8. The molecule has 1 aliphatic heterocycles. The average Bonchev–Trinajstić information content (AvgIpc) is 2.77. The Bertz CT molecular complexity index is 1060. The topological polar surface area (TPSA) is 50.8 Å². The van der Waals surface area contributed by atoms with Crippen molar-refractivity contribution in [3.8, 4) is 11.5 Å². The van der Waals surface area contributed by atoms with Crippen LogP contribution >= 0.6 is 0 Å². The molecule has 1 aliphatic rings. The normalized spacial score (nSPS) is 14.8. The number of carbonyl (C=O) groups excluding carboxylic acids is 1. The number of benzene rings is 3. The molecular formula is C25H28N2O3. The predicted octanol–water partition coefficient (Wildman–Crippen LogP) is 4.09. The van der Waals surface area contributed by atoms with E-state index in [0.717, 1.165) is 36.6 Å². The molecule has 30 heavy (non-hydrogen) atoms. The zero-order chi connectivity index (χ0) is 21.1. The number of methoxy groups -OCH3 is 2. The van der Waals surface area contributed by atoms with Gasteiger partial charge in [-0.1, -0.05) is 42.5 Å². The van der Waals surface area contributed by atoms with E-state index in [2.05, 4.69) is 34.5 Å². The highest BCUT2D eigenvalue weighted by molar-refractivity contribution is 5.87. The van der Waals surface area contributed by atoms with Crippen molar-refractivity contribution in [2.24, 2.45) is 0 Å². The lowest BCUT2D eigenvalue weighted by Gasteiger charge is -2.29. The number of rotatable bonds is 6. The second-order valence-electron chi connectivity index (χ2n) is 7.79. The van der Waals surface area contributed by atoms with Crippen LogP contribution in [0.4, 0.5) is 0 Å². The molecule has 0 bridgehead atoms. The molecule has 0 aliphatic carbocycles. The molecule has 1 heterocycles. The number of hydrogen-bond acceptors (Lipinski definition) is 4. The van der Waals surface area contributed by atoms with Crippen molar-refractivity contribution in [1.82, 2.24) is 10.2 Å². The second-order valence-corrected chi connectivity index (χ2v) is 7.79. The molecule has 0 saturated heterocycles. The van der Waals surface area contributed by atoms with E-state index in [4.69, 9.17) is 9.47 Å². The van der Waals surface area contributed by atoms with Crippen LogP contribution in [0.1, 0.15) is 29.7 Å². The third kappa shape index (κ3) is 4.12. The highest BCUT2D eigenvalue weighted by atomic mass is 16.5. The molecule has 1 amide bonds. The van der Waals surface area contributed by atoms with E-state index in [1.54, 1.807) is 14.2 Å². The SMILES string of the molecule is COc1cc2c(cc1OC)CN(CC(=O)N[C@H](C)c1cccc3ccccc13)CC2. The third-order valence-electron chi connectivity index (χ3n) is 5.83. The number of nitrogens with zero attached hydrogens (tertiary/aromatic N) is 1. The van der Waals surface area contributed by atoms with E-state index in [1.807, 2.05) is 37.3 Å². The fourth-order valence-corrected chi connectivity index (χ4v) is 4.27. The van der Waals surface area contributed by atoms with Gasteiger partial charge in [-0.25, -0.2) is 0 Å². The number of hydrogen-bond donors (Lipinski definition) is 1. The minimum atomic E-state index is -0.0509. The maximum atomic E-state index is 12.8. The van der Waals surface area contributed by atoms with E-state index in [-0.39, 0.29) is 11.9 Å². The van der Waals surface area contributed by atoms with Crippen LogP contribution in [0.3, 0.4) is 0 Å². The average molecular weight is 405 g/mol. The summed E-state index contributed by atoms with van der Waals surface area (Å²) in [5.41, 5.74) is 3.59. The molecule has 3 aromatic rings. The first-order valence-electron chi connectivity index (χ1n) is 10.3. The molecular weight excluding hydrogens is 376 g/mol. The number of nitrogens with one attached hydrogen (secondary N) is 1. The number of fused-ring (bicyclic) bond motifs is 2. The summed E-state index contributed by atoms with van der Waals surface area (Å²) in [6.45, 7) is 4.00. The lowest BCUT2D eigenvalue weighted by Crippen LogP contribution is -2.40.